The molecule has 1 aromatic rings. The summed E-state index contributed by atoms with van der Waals surface area (Å²) in [5.41, 5.74) is 6.81. The lowest BCUT2D eigenvalue weighted by atomic mass is 10.2. The Hall–Kier alpha value is -1.40. The van der Waals surface area contributed by atoms with Crippen LogP contribution in [0, 0.1) is 0 Å². The van der Waals surface area contributed by atoms with Crippen molar-refractivity contribution in [1.29, 1.82) is 0 Å². The first-order valence-electron chi connectivity index (χ1n) is 5.14. The van der Waals surface area contributed by atoms with E-state index in [1.807, 2.05) is 30.3 Å². The van der Waals surface area contributed by atoms with E-state index in [0.29, 0.717) is 6.54 Å². The normalized spacial score (nSPS) is 24.7. The molecule has 6 heteroatoms. The van der Waals surface area contributed by atoms with Gasteiger partial charge in [0.2, 0.25) is 5.91 Å². The first kappa shape index (κ1) is 12.1. The first-order chi connectivity index (χ1) is 8.09. The predicted molar refractivity (Wildman–Crippen MR) is 66.2 cm³/mol. The van der Waals surface area contributed by atoms with E-state index >= 15 is 0 Å². The van der Waals surface area contributed by atoms with Crippen LogP contribution >= 0.6 is 15.9 Å². The molecule has 1 fully saturated rings. The highest BCUT2D eigenvalue weighted by atomic mass is 79.9. The molecule has 0 bridgehead atoms. The number of rotatable bonds is 2. The molecule has 0 saturated carbocycles. The number of halogens is 1. The van der Waals surface area contributed by atoms with Crippen molar-refractivity contribution in [2.45, 2.75) is 17.5 Å². The van der Waals surface area contributed by atoms with Gasteiger partial charge in [-0.05, 0) is 5.56 Å². The van der Waals surface area contributed by atoms with E-state index in [1.54, 1.807) is 0 Å². The van der Waals surface area contributed by atoms with Crippen LogP contribution in [-0.4, -0.2) is 27.8 Å². The molecule has 0 radical (unpaired) electrons. The second-order valence-corrected chi connectivity index (χ2v) is 4.79. The monoisotopic (exact) mass is 297 g/mol. The summed E-state index contributed by atoms with van der Waals surface area (Å²) in [6.45, 7) is 0.378. The second kappa shape index (κ2) is 4.85. The topological polar surface area (TPSA) is 75.4 Å². The number of amides is 3. The molecule has 17 heavy (non-hydrogen) atoms. The van der Waals surface area contributed by atoms with E-state index in [-0.39, 0.29) is 0 Å². The minimum atomic E-state index is -0.656. The average Bonchev–Trinajstić information content (AvgIpc) is 2.33. The van der Waals surface area contributed by atoms with Gasteiger partial charge in [0.15, 0.2) is 0 Å². The van der Waals surface area contributed by atoms with Gasteiger partial charge in [-0.2, -0.15) is 0 Å². The number of alkyl halides is 1. The molecule has 1 aliphatic heterocycles. The number of urea groups is 1. The molecule has 5 nitrogen and oxygen atoms in total. The number of hydrogen-bond acceptors (Lipinski definition) is 3. The molecule has 0 spiro atoms. The van der Waals surface area contributed by atoms with Crippen LogP contribution in [0.15, 0.2) is 30.3 Å². The van der Waals surface area contributed by atoms with E-state index in [0.717, 1.165) is 5.56 Å². The zero-order valence-electron chi connectivity index (χ0n) is 8.97. The Bertz CT molecular complexity index is 438. The van der Waals surface area contributed by atoms with Gasteiger partial charge in [-0.3, -0.25) is 10.1 Å². The molecule has 2 atom stereocenters. The van der Waals surface area contributed by atoms with E-state index in [1.165, 1.54) is 4.90 Å². The molecular weight excluding hydrogens is 286 g/mol. The van der Waals surface area contributed by atoms with E-state index in [2.05, 4.69) is 21.2 Å². The van der Waals surface area contributed by atoms with Crippen molar-refractivity contribution in [3.8, 4) is 0 Å². The number of hydrogen-bond donors (Lipinski definition) is 2. The van der Waals surface area contributed by atoms with Crippen molar-refractivity contribution >= 4 is 27.9 Å². The summed E-state index contributed by atoms with van der Waals surface area (Å²) in [6.07, 6.45) is -0.656. The van der Waals surface area contributed by atoms with E-state index in [4.69, 9.17) is 5.73 Å². The van der Waals surface area contributed by atoms with Crippen molar-refractivity contribution in [1.82, 2.24) is 10.2 Å². The van der Waals surface area contributed by atoms with Crippen LogP contribution in [0.5, 0.6) is 0 Å². The Labute approximate surface area is 107 Å². The highest BCUT2D eigenvalue weighted by Crippen LogP contribution is 2.17. The Morgan fingerprint density at radius 1 is 1.29 bits per heavy atom. The zero-order valence-corrected chi connectivity index (χ0v) is 10.6. The van der Waals surface area contributed by atoms with Gasteiger partial charge in [0.25, 0.3) is 0 Å². The lowest BCUT2D eigenvalue weighted by molar-refractivity contribution is -0.122. The van der Waals surface area contributed by atoms with Gasteiger partial charge < -0.3 is 10.6 Å². The minimum Gasteiger partial charge on any atom is -0.310 e. The summed E-state index contributed by atoms with van der Waals surface area (Å²) < 4.78 is 0. The van der Waals surface area contributed by atoms with Crippen LogP contribution < -0.4 is 11.1 Å². The van der Waals surface area contributed by atoms with Gasteiger partial charge in [0.1, 0.15) is 11.0 Å². The minimum absolute atomic E-state index is 0.378. The number of nitrogens with two attached hydrogens (primary N) is 1. The molecule has 2 rings (SSSR count). The summed E-state index contributed by atoms with van der Waals surface area (Å²) >= 11 is 3.17. The molecule has 1 saturated heterocycles. The van der Waals surface area contributed by atoms with Crippen molar-refractivity contribution < 1.29 is 9.59 Å². The van der Waals surface area contributed by atoms with Gasteiger partial charge in [0, 0.05) is 6.54 Å². The maximum atomic E-state index is 11.7. The Balaban J connectivity index is 2.15. The quantitative estimate of drug-likeness (QED) is 0.793. The van der Waals surface area contributed by atoms with Gasteiger partial charge >= 0.3 is 6.03 Å². The number of nitrogens with zero attached hydrogens (tertiary/aromatic N) is 1. The molecule has 1 aliphatic rings. The van der Waals surface area contributed by atoms with Crippen LogP contribution in [0.4, 0.5) is 4.79 Å². The summed E-state index contributed by atoms with van der Waals surface area (Å²) in [7, 11) is 0. The fraction of sp³-hybridized carbons (Fsp3) is 0.273. The van der Waals surface area contributed by atoms with Gasteiger partial charge in [-0.1, -0.05) is 46.3 Å². The smallest absolute Gasteiger partial charge is 0.310 e. The van der Waals surface area contributed by atoms with Gasteiger partial charge in [0.05, 0.1) is 0 Å². The fourth-order valence-electron chi connectivity index (χ4n) is 1.65. The van der Waals surface area contributed by atoms with Crippen molar-refractivity contribution in [2.24, 2.45) is 5.73 Å². The standard InChI is InChI=1S/C11H12BrN3O2/c12-8-9(13)15(11(17)14-10(8)16)6-7-4-2-1-3-5-7/h1-5,8-9H,6,13H2,(H,14,16,17). The lowest BCUT2D eigenvalue weighted by Crippen LogP contribution is -2.63. The van der Waals surface area contributed by atoms with Crippen molar-refractivity contribution in [3.05, 3.63) is 35.9 Å². The molecular formula is C11H12BrN3O2. The molecule has 2 unspecified atom stereocenters. The molecule has 3 amide bonds. The summed E-state index contributed by atoms with van der Waals surface area (Å²) in [6, 6.07) is 9.02. The third-order valence-electron chi connectivity index (χ3n) is 2.60. The summed E-state index contributed by atoms with van der Waals surface area (Å²) in [4.78, 5) is 23.8. The maximum Gasteiger partial charge on any atom is 0.325 e. The number of nitrogens with one attached hydrogen (secondary N) is 1. The molecule has 90 valence electrons. The van der Waals surface area contributed by atoms with E-state index < -0.39 is 22.9 Å². The van der Waals surface area contributed by atoms with Crippen LogP contribution in [0.1, 0.15) is 5.56 Å². The molecule has 1 aromatic carbocycles. The SMILES string of the molecule is NC1C(Br)C(=O)NC(=O)N1Cc1ccccc1. The highest BCUT2D eigenvalue weighted by Gasteiger charge is 2.37. The molecule has 3 N–H and O–H groups in total. The largest absolute Gasteiger partial charge is 0.325 e. The third-order valence-corrected chi connectivity index (χ3v) is 3.55. The average molecular weight is 298 g/mol. The number of carbonyl (C=O) groups excluding carboxylic acids is 2. The number of carbonyl (C=O) groups is 2. The highest BCUT2D eigenvalue weighted by molar-refractivity contribution is 9.10. The Morgan fingerprint density at radius 3 is 2.59 bits per heavy atom. The maximum absolute atomic E-state index is 11.7. The second-order valence-electron chi connectivity index (χ2n) is 3.80. The summed E-state index contributed by atoms with van der Waals surface area (Å²) in [5, 5.41) is 2.25. The zero-order chi connectivity index (χ0) is 12.4. The Kier molecular flexibility index (Phi) is 3.44. The fourth-order valence-corrected chi connectivity index (χ4v) is 2.05. The van der Waals surface area contributed by atoms with Crippen LogP contribution in [0.25, 0.3) is 0 Å². The van der Waals surface area contributed by atoms with Crippen molar-refractivity contribution in [3.63, 3.8) is 0 Å². The first-order valence-corrected chi connectivity index (χ1v) is 6.06. The van der Waals surface area contributed by atoms with Gasteiger partial charge in [-0.15, -0.1) is 0 Å². The van der Waals surface area contributed by atoms with Crippen molar-refractivity contribution in [2.75, 3.05) is 0 Å². The molecule has 0 aromatic heterocycles. The number of imide groups is 1. The lowest BCUT2D eigenvalue weighted by Gasteiger charge is -2.35. The molecule has 1 heterocycles. The predicted octanol–water partition coefficient (Wildman–Crippen LogP) is 0.787. The summed E-state index contributed by atoms with van der Waals surface area (Å²) in [5.74, 6) is -0.396. The number of benzene rings is 1. The van der Waals surface area contributed by atoms with Crippen LogP contribution in [0.3, 0.4) is 0 Å². The van der Waals surface area contributed by atoms with Crippen LogP contribution in [0.2, 0.25) is 0 Å². The van der Waals surface area contributed by atoms with E-state index in [9.17, 15) is 9.59 Å². The van der Waals surface area contributed by atoms with Crippen LogP contribution in [-0.2, 0) is 11.3 Å². The molecule has 0 aliphatic carbocycles. The third kappa shape index (κ3) is 2.48. The van der Waals surface area contributed by atoms with Gasteiger partial charge in [-0.25, -0.2) is 4.79 Å². The Morgan fingerprint density at radius 2 is 1.94 bits per heavy atom.